The standard InChI is InChI=1S/C19H32O2/c1-15(2)9-7-10-16(3)11-8-12-17(4)13-14-18(5)19(20)21-6/h9,11,13,18H,7-8,10,12,14H2,1-6H3/b16-11+,17-13+. The third-order valence-electron chi connectivity index (χ3n) is 3.55. The van der Waals surface area contributed by atoms with Crippen LogP contribution in [0.2, 0.25) is 0 Å². The molecule has 0 aliphatic rings. The lowest BCUT2D eigenvalue weighted by Crippen LogP contribution is -2.11. The highest BCUT2D eigenvalue weighted by Crippen LogP contribution is 2.13. The van der Waals surface area contributed by atoms with Gasteiger partial charge in [0.25, 0.3) is 0 Å². The van der Waals surface area contributed by atoms with Crippen LogP contribution < -0.4 is 0 Å². The van der Waals surface area contributed by atoms with E-state index in [1.54, 1.807) is 0 Å². The minimum atomic E-state index is -0.130. The molecule has 0 N–H and O–H groups in total. The van der Waals surface area contributed by atoms with Crippen molar-refractivity contribution >= 4 is 5.97 Å². The normalized spacial score (nSPS) is 13.8. The highest BCUT2D eigenvalue weighted by Gasteiger charge is 2.10. The first-order valence-corrected chi connectivity index (χ1v) is 7.89. The molecule has 0 heterocycles. The van der Waals surface area contributed by atoms with Gasteiger partial charge in [-0.05, 0) is 59.8 Å². The van der Waals surface area contributed by atoms with E-state index in [4.69, 9.17) is 4.74 Å². The molecule has 0 fully saturated rings. The van der Waals surface area contributed by atoms with Crippen LogP contribution in [0, 0.1) is 5.92 Å². The smallest absolute Gasteiger partial charge is 0.308 e. The van der Waals surface area contributed by atoms with Crippen molar-refractivity contribution in [3.63, 3.8) is 0 Å². The van der Waals surface area contributed by atoms with E-state index in [-0.39, 0.29) is 11.9 Å². The van der Waals surface area contributed by atoms with Gasteiger partial charge in [-0.1, -0.05) is 41.9 Å². The van der Waals surface area contributed by atoms with E-state index in [9.17, 15) is 4.79 Å². The molecule has 0 aliphatic heterocycles. The van der Waals surface area contributed by atoms with Gasteiger partial charge in [-0.2, -0.15) is 0 Å². The number of carbonyl (C=O) groups excluding carboxylic acids is 1. The Labute approximate surface area is 131 Å². The molecule has 1 unspecified atom stereocenters. The third-order valence-corrected chi connectivity index (χ3v) is 3.55. The van der Waals surface area contributed by atoms with E-state index in [1.807, 2.05) is 6.92 Å². The van der Waals surface area contributed by atoms with Crippen LogP contribution in [-0.2, 0) is 9.53 Å². The molecule has 0 rings (SSSR count). The van der Waals surface area contributed by atoms with Crippen molar-refractivity contribution in [3.8, 4) is 0 Å². The van der Waals surface area contributed by atoms with Gasteiger partial charge < -0.3 is 4.74 Å². The van der Waals surface area contributed by atoms with E-state index in [0.29, 0.717) is 0 Å². The Kier molecular flexibility index (Phi) is 10.7. The zero-order valence-corrected chi connectivity index (χ0v) is 14.7. The van der Waals surface area contributed by atoms with Gasteiger partial charge in [-0.15, -0.1) is 0 Å². The van der Waals surface area contributed by atoms with Gasteiger partial charge in [0.1, 0.15) is 0 Å². The molecule has 2 heteroatoms. The first kappa shape index (κ1) is 19.7. The molecule has 0 radical (unpaired) electrons. The van der Waals surface area contributed by atoms with Gasteiger partial charge in [0.05, 0.1) is 13.0 Å². The van der Waals surface area contributed by atoms with Crippen LogP contribution in [0.25, 0.3) is 0 Å². The topological polar surface area (TPSA) is 26.3 Å². The fraction of sp³-hybridized carbons (Fsp3) is 0.632. The number of carbonyl (C=O) groups is 1. The quantitative estimate of drug-likeness (QED) is 0.408. The van der Waals surface area contributed by atoms with Crippen LogP contribution in [-0.4, -0.2) is 13.1 Å². The van der Waals surface area contributed by atoms with Crippen molar-refractivity contribution in [2.75, 3.05) is 7.11 Å². The Bertz CT molecular complexity index is 396. The summed E-state index contributed by atoms with van der Waals surface area (Å²) in [5.41, 5.74) is 4.20. The van der Waals surface area contributed by atoms with E-state index >= 15 is 0 Å². The van der Waals surface area contributed by atoms with E-state index in [0.717, 1.165) is 32.1 Å². The van der Waals surface area contributed by atoms with Crippen LogP contribution in [0.1, 0.15) is 66.7 Å². The highest BCUT2D eigenvalue weighted by molar-refractivity contribution is 5.71. The van der Waals surface area contributed by atoms with Crippen LogP contribution in [0.15, 0.2) is 34.9 Å². The Morgan fingerprint density at radius 3 is 2.00 bits per heavy atom. The molecular formula is C19H32O2. The summed E-state index contributed by atoms with van der Waals surface area (Å²) in [6.45, 7) is 10.5. The number of methoxy groups -OCH3 is 1. The zero-order chi connectivity index (χ0) is 16.3. The SMILES string of the molecule is COC(=O)C(C)C/C=C(\C)CC/C=C(\C)CCC=C(C)C. The molecule has 120 valence electrons. The maximum Gasteiger partial charge on any atom is 0.308 e. The van der Waals surface area contributed by atoms with Gasteiger partial charge in [0.2, 0.25) is 0 Å². The molecule has 0 saturated carbocycles. The number of allylic oxidation sites excluding steroid dienone is 6. The minimum Gasteiger partial charge on any atom is -0.469 e. The Balaban J connectivity index is 4.04. The summed E-state index contributed by atoms with van der Waals surface area (Å²) >= 11 is 0. The van der Waals surface area contributed by atoms with Crippen molar-refractivity contribution < 1.29 is 9.53 Å². The molecule has 0 aromatic heterocycles. The van der Waals surface area contributed by atoms with Crippen molar-refractivity contribution in [1.82, 2.24) is 0 Å². The monoisotopic (exact) mass is 292 g/mol. The number of hydrogen-bond acceptors (Lipinski definition) is 2. The second-order valence-electron chi connectivity index (χ2n) is 6.12. The summed E-state index contributed by atoms with van der Waals surface area (Å²) in [6.07, 6.45) is 12.0. The summed E-state index contributed by atoms with van der Waals surface area (Å²) < 4.78 is 4.73. The Hall–Kier alpha value is -1.31. The molecule has 0 saturated heterocycles. The van der Waals surface area contributed by atoms with Crippen molar-refractivity contribution in [1.29, 1.82) is 0 Å². The van der Waals surface area contributed by atoms with Crippen molar-refractivity contribution in [2.45, 2.75) is 66.7 Å². The number of hydrogen-bond donors (Lipinski definition) is 0. The van der Waals surface area contributed by atoms with Crippen LogP contribution in [0.4, 0.5) is 0 Å². The average Bonchev–Trinajstić information content (AvgIpc) is 2.43. The van der Waals surface area contributed by atoms with E-state index < -0.39 is 0 Å². The van der Waals surface area contributed by atoms with Gasteiger partial charge >= 0.3 is 5.97 Å². The molecule has 0 amide bonds. The highest BCUT2D eigenvalue weighted by atomic mass is 16.5. The first-order chi connectivity index (χ1) is 9.86. The Morgan fingerprint density at radius 2 is 1.48 bits per heavy atom. The summed E-state index contributed by atoms with van der Waals surface area (Å²) in [4.78, 5) is 11.3. The predicted octanol–water partition coefficient (Wildman–Crippen LogP) is 5.60. The van der Waals surface area contributed by atoms with E-state index in [1.165, 1.54) is 23.8 Å². The molecule has 0 aromatic rings. The van der Waals surface area contributed by atoms with Crippen LogP contribution in [0.3, 0.4) is 0 Å². The molecule has 1 atom stereocenters. The third kappa shape index (κ3) is 11.1. The second kappa shape index (κ2) is 11.4. The molecule has 0 aromatic carbocycles. The fourth-order valence-corrected chi connectivity index (χ4v) is 2.01. The molecule has 21 heavy (non-hydrogen) atoms. The summed E-state index contributed by atoms with van der Waals surface area (Å²) in [5, 5.41) is 0. The minimum absolute atomic E-state index is 0.0497. The van der Waals surface area contributed by atoms with Crippen molar-refractivity contribution in [3.05, 3.63) is 34.9 Å². The molecular weight excluding hydrogens is 260 g/mol. The number of esters is 1. The fourth-order valence-electron chi connectivity index (χ4n) is 2.01. The zero-order valence-electron chi connectivity index (χ0n) is 14.7. The summed E-state index contributed by atoms with van der Waals surface area (Å²) in [5.74, 6) is -0.180. The van der Waals surface area contributed by atoms with Crippen LogP contribution in [0.5, 0.6) is 0 Å². The molecule has 2 nitrogen and oxygen atoms in total. The number of rotatable bonds is 9. The maximum atomic E-state index is 11.3. The lowest BCUT2D eigenvalue weighted by Gasteiger charge is -2.06. The van der Waals surface area contributed by atoms with Gasteiger partial charge in [0, 0.05) is 0 Å². The first-order valence-electron chi connectivity index (χ1n) is 7.89. The van der Waals surface area contributed by atoms with Crippen molar-refractivity contribution in [2.24, 2.45) is 5.92 Å². The summed E-state index contributed by atoms with van der Waals surface area (Å²) in [7, 11) is 1.44. The molecule has 0 spiro atoms. The summed E-state index contributed by atoms with van der Waals surface area (Å²) in [6, 6.07) is 0. The predicted molar refractivity (Wildman–Crippen MR) is 91.2 cm³/mol. The second-order valence-corrected chi connectivity index (χ2v) is 6.12. The van der Waals surface area contributed by atoms with Gasteiger partial charge in [-0.25, -0.2) is 0 Å². The number of ether oxygens (including phenoxy) is 1. The lowest BCUT2D eigenvalue weighted by atomic mass is 10.0. The molecule has 0 bridgehead atoms. The molecule has 0 aliphatic carbocycles. The van der Waals surface area contributed by atoms with Crippen LogP contribution >= 0.6 is 0 Å². The maximum absolute atomic E-state index is 11.3. The Morgan fingerprint density at radius 1 is 0.952 bits per heavy atom. The average molecular weight is 292 g/mol. The van der Waals surface area contributed by atoms with E-state index in [2.05, 4.69) is 45.9 Å². The van der Waals surface area contributed by atoms with Gasteiger partial charge in [0.15, 0.2) is 0 Å². The van der Waals surface area contributed by atoms with Gasteiger partial charge in [-0.3, -0.25) is 4.79 Å². The largest absolute Gasteiger partial charge is 0.469 e. The lowest BCUT2D eigenvalue weighted by molar-refractivity contribution is -0.144.